The van der Waals surface area contributed by atoms with Crippen molar-refractivity contribution in [3.63, 3.8) is 0 Å². The van der Waals surface area contributed by atoms with Crippen LogP contribution < -0.4 is 5.32 Å². The molecule has 3 rings (SSSR count). The molecule has 1 heterocycles. The summed E-state index contributed by atoms with van der Waals surface area (Å²) in [5, 5.41) is 12.5. The Kier molecular flexibility index (Phi) is 3.71. The van der Waals surface area contributed by atoms with E-state index in [4.69, 9.17) is 0 Å². The molecule has 0 spiro atoms. The Morgan fingerprint density at radius 3 is 2.19 bits per heavy atom. The Balaban J connectivity index is 2.00. The van der Waals surface area contributed by atoms with Gasteiger partial charge in [-0.3, -0.25) is 0 Å². The summed E-state index contributed by atoms with van der Waals surface area (Å²) in [6, 6.07) is 21.2. The number of para-hydroxylation sites is 1. The van der Waals surface area contributed by atoms with Gasteiger partial charge < -0.3 is 10.4 Å². The van der Waals surface area contributed by atoms with Gasteiger partial charge in [-0.1, -0.05) is 48.5 Å². The summed E-state index contributed by atoms with van der Waals surface area (Å²) in [5.41, 5.74) is 2.51. The molecule has 0 saturated carbocycles. The number of anilines is 2. The average Bonchev–Trinajstić information content (AvgIpc) is 2.93. The summed E-state index contributed by atoms with van der Waals surface area (Å²) in [6.45, 7) is 0. The molecule has 0 bridgehead atoms. The highest BCUT2D eigenvalue weighted by molar-refractivity contribution is 7.18. The van der Waals surface area contributed by atoms with Crippen molar-refractivity contribution >= 4 is 28.7 Å². The maximum atomic E-state index is 11.4. The number of carboxylic acids is 1. The summed E-state index contributed by atoms with van der Waals surface area (Å²) >= 11 is 1.28. The van der Waals surface area contributed by atoms with Gasteiger partial charge in [0.25, 0.3) is 0 Å². The highest BCUT2D eigenvalue weighted by Crippen LogP contribution is 2.36. The van der Waals surface area contributed by atoms with Gasteiger partial charge in [-0.15, -0.1) is 11.3 Å². The minimum Gasteiger partial charge on any atom is -0.477 e. The standard InChI is InChI=1S/C17H13NO2S/c19-17(20)16-14(18-13-9-5-2-6-10-13)11-15(21-16)12-7-3-1-4-8-12/h1-11,18H,(H,19,20). The van der Waals surface area contributed by atoms with Gasteiger partial charge in [0.1, 0.15) is 4.88 Å². The van der Waals surface area contributed by atoms with Crippen molar-refractivity contribution in [2.24, 2.45) is 0 Å². The van der Waals surface area contributed by atoms with Gasteiger partial charge in [0.2, 0.25) is 0 Å². The van der Waals surface area contributed by atoms with Gasteiger partial charge >= 0.3 is 5.97 Å². The lowest BCUT2D eigenvalue weighted by atomic mass is 10.2. The van der Waals surface area contributed by atoms with E-state index in [2.05, 4.69) is 5.32 Å². The molecule has 4 heteroatoms. The second-order valence-corrected chi connectivity index (χ2v) is 5.57. The van der Waals surface area contributed by atoms with Crippen molar-refractivity contribution in [2.75, 3.05) is 5.32 Å². The van der Waals surface area contributed by atoms with Crippen molar-refractivity contribution in [1.29, 1.82) is 0 Å². The maximum Gasteiger partial charge on any atom is 0.348 e. The minimum absolute atomic E-state index is 0.317. The average molecular weight is 295 g/mol. The fourth-order valence-electron chi connectivity index (χ4n) is 2.06. The van der Waals surface area contributed by atoms with Crippen molar-refractivity contribution in [3.05, 3.63) is 71.6 Å². The minimum atomic E-state index is -0.916. The van der Waals surface area contributed by atoms with E-state index in [1.165, 1.54) is 11.3 Å². The number of carbonyl (C=O) groups is 1. The van der Waals surface area contributed by atoms with Crippen molar-refractivity contribution < 1.29 is 9.90 Å². The first kappa shape index (κ1) is 13.4. The van der Waals surface area contributed by atoms with E-state index in [0.29, 0.717) is 10.6 Å². The topological polar surface area (TPSA) is 49.3 Å². The summed E-state index contributed by atoms with van der Waals surface area (Å²) in [4.78, 5) is 12.7. The fourth-order valence-corrected chi connectivity index (χ4v) is 3.02. The summed E-state index contributed by atoms with van der Waals surface area (Å²) in [6.07, 6.45) is 0. The zero-order valence-corrected chi connectivity index (χ0v) is 11.9. The predicted octanol–water partition coefficient (Wildman–Crippen LogP) is 4.86. The van der Waals surface area contributed by atoms with Crippen LogP contribution in [0.1, 0.15) is 9.67 Å². The van der Waals surface area contributed by atoms with Crippen LogP contribution in [-0.4, -0.2) is 11.1 Å². The third-order valence-corrected chi connectivity index (χ3v) is 4.21. The predicted molar refractivity (Wildman–Crippen MR) is 86.4 cm³/mol. The molecule has 21 heavy (non-hydrogen) atoms. The van der Waals surface area contributed by atoms with Crippen LogP contribution in [0.3, 0.4) is 0 Å². The Labute approximate surface area is 126 Å². The summed E-state index contributed by atoms with van der Waals surface area (Å²) < 4.78 is 0. The molecule has 1 aromatic heterocycles. The third kappa shape index (κ3) is 2.95. The quantitative estimate of drug-likeness (QED) is 0.723. The van der Waals surface area contributed by atoms with Gasteiger partial charge in [-0.05, 0) is 23.8 Å². The van der Waals surface area contributed by atoms with E-state index in [-0.39, 0.29) is 0 Å². The molecule has 0 saturated heterocycles. The highest BCUT2D eigenvalue weighted by atomic mass is 32.1. The van der Waals surface area contributed by atoms with Gasteiger partial charge in [0.15, 0.2) is 0 Å². The second-order valence-electron chi connectivity index (χ2n) is 4.52. The Morgan fingerprint density at radius 1 is 0.952 bits per heavy atom. The van der Waals surface area contributed by atoms with Crippen LogP contribution in [0.2, 0.25) is 0 Å². The van der Waals surface area contributed by atoms with E-state index < -0.39 is 5.97 Å². The lowest BCUT2D eigenvalue weighted by Crippen LogP contribution is -1.97. The lowest BCUT2D eigenvalue weighted by molar-refractivity contribution is 0.0703. The first-order valence-corrected chi connectivity index (χ1v) is 7.30. The number of rotatable bonds is 4. The number of nitrogens with one attached hydrogen (secondary N) is 1. The molecule has 0 atom stereocenters. The number of carboxylic acid groups (broad SMARTS) is 1. The number of aromatic carboxylic acids is 1. The van der Waals surface area contributed by atoms with Gasteiger partial charge in [-0.25, -0.2) is 4.79 Å². The number of hydrogen-bond donors (Lipinski definition) is 2. The van der Waals surface area contributed by atoms with Crippen LogP contribution in [0.4, 0.5) is 11.4 Å². The van der Waals surface area contributed by atoms with Crippen LogP contribution >= 0.6 is 11.3 Å². The van der Waals surface area contributed by atoms with E-state index in [1.807, 2.05) is 66.7 Å². The molecule has 104 valence electrons. The normalized spacial score (nSPS) is 10.3. The molecule has 3 nitrogen and oxygen atoms in total. The Bertz CT molecular complexity index is 751. The van der Waals surface area contributed by atoms with E-state index in [9.17, 15) is 9.90 Å². The lowest BCUT2D eigenvalue weighted by Gasteiger charge is -2.04. The van der Waals surface area contributed by atoms with Gasteiger partial charge in [0.05, 0.1) is 5.69 Å². The SMILES string of the molecule is O=C(O)c1sc(-c2ccccc2)cc1Nc1ccccc1. The first-order chi connectivity index (χ1) is 10.2. The molecule has 3 aromatic rings. The summed E-state index contributed by atoms with van der Waals surface area (Å²) in [5.74, 6) is -0.916. The van der Waals surface area contributed by atoms with E-state index in [1.54, 1.807) is 0 Å². The van der Waals surface area contributed by atoms with E-state index >= 15 is 0 Å². The molecular weight excluding hydrogens is 282 g/mol. The molecule has 0 fully saturated rings. The Hall–Kier alpha value is -2.59. The second kappa shape index (κ2) is 5.81. The zero-order valence-electron chi connectivity index (χ0n) is 11.1. The molecule has 2 aromatic carbocycles. The van der Waals surface area contributed by atoms with Crippen LogP contribution in [0.5, 0.6) is 0 Å². The molecular formula is C17H13NO2S. The molecule has 2 N–H and O–H groups in total. The van der Waals surface area contributed by atoms with E-state index in [0.717, 1.165) is 16.1 Å². The highest BCUT2D eigenvalue weighted by Gasteiger charge is 2.16. The van der Waals surface area contributed by atoms with Crippen LogP contribution in [0.15, 0.2) is 66.7 Å². The molecule has 0 radical (unpaired) electrons. The molecule has 0 unspecified atom stereocenters. The van der Waals surface area contributed by atoms with Gasteiger partial charge in [0, 0.05) is 10.6 Å². The number of benzene rings is 2. The first-order valence-electron chi connectivity index (χ1n) is 6.48. The largest absolute Gasteiger partial charge is 0.477 e. The Morgan fingerprint density at radius 2 is 1.57 bits per heavy atom. The van der Waals surface area contributed by atoms with Crippen LogP contribution in [0, 0.1) is 0 Å². The molecule has 0 aliphatic carbocycles. The van der Waals surface area contributed by atoms with Crippen molar-refractivity contribution in [3.8, 4) is 10.4 Å². The smallest absolute Gasteiger partial charge is 0.348 e. The van der Waals surface area contributed by atoms with Crippen molar-refractivity contribution in [2.45, 2.75) is 0 Å². The maximum absolute atomic E-state index is 11.4. The monoisotopic (exact) mass is 295 g/mol. The third-order valence-electron chi connectivity index (χ3n) is 3.04. The zero-order chi connectivity index (χ0) is 14.7. The summed E-state index contributed by atoms with van der Waals surface area (Å²) in [7, 11) is 0. The van der Waals surface area contributed by atoms with Crippen molar-refractivity contribution in [1.82, 2.24) is 0 Å². The number of thiophene rings is 1. The molecule has 0 amide bonds. The molecule has 0 aliphatic rings. The molecule has 0 aliphatic heterocycles. The number of hydrogen-bond acceptors (Lipinski definition) is 3. The van der Waals surface area contributed by atoms with Crippen LogP contribution in [0.25, 0.3) is 10.4 Å². The fraction of sp³-hybridized carbons (Fsp3) is 0. The van der Waals surface area contributed by atoms with Gasteiger partial charge in [-0.2, -0.15) is 0 Å². The van der Waals surface area contributed by atoms with Crippen LogP contribution in [-0.2, 0) is 0 Å².